The molecule has 0 atom stereocenters. The van der Waals surface area contributed by atoms with Crippen LogP contribution in [0.2, 0.25) is 0 Å². The van der Waals surface area contributed by atoms with Gasteiger partial charge in [-0.2, -0.15) is 13.2 Å². The van der Waals surface area contributed by atoms with Crippen molar-refractivity contribution >= 4 is 11.8 Å². The molecule has 0 saturated heterocycles. The number of aromatic nitrogens is 1. The Balaban J connectivity index is 3.43. The summed E-state index contributed by atoms with van der Waals surface area (Å²) in [5.74, 6) is -1.64. The van der Waals surface area contributed by atoms with Crippen molar-refractivity contribution < 1.29 is 27.9 Å². The second-order valence-electron chi connectivity index (χ2n) is 3.10. The van der Waals surface area contributed by atoms with Crippen LogP contribution in [-0.2, 0) is 10.9 Å². The Hall–Kier alpha value is -2.32. The number of methoxy groups -OCH3 is 1. The summed E-state index contributed by atoms with van der Waals surface area (Å²) in [5.41, 5.74) is 2.95. The average molecular weight is 263 g/mol. The second-order valence-corrected chi connectivity index (χ2v) is 3.10. The molecule has 98 valence electrons. The first-order valence-corrected chi connectivity index (χ1v) is 4.45. The van der Waals surface area contributed by atoms with Crippen LogP contribution >= 0.6 is 0 Å². The van der Waals surface area contributed by atoms with Crippen LogP contribution in [-0.4, -0.2) is 29.1 Å². The lowest BCUT2D eigenvalue weighted by Gasteiger charge is -2.09. The lowest BCUT2D eigenvalue weighted by Crippen LogP contribution is -2.19. The van der Waals surface area contributed by atoms with Crippen LogP contribution < -0.4 is 5.73 Å². The van der Waals surface area contributed by atoms with E-state index in [0.29, 0.717) is 6.07 Å². The van der Waals surface area contributed by atoms with Crippen molar-refractivity contribution in [2.45, 2.75) is 6.18 Å². The summed E-state index contributed by atoms with van der Waals surface area (Å²) in [5, 5.41) is 11.0. The Morgan fingerprint density at radius 1 is 1.50 bits per heavy atom. The lowest BCUT2D eigenvalue weighted by molar-refractivity contribution is -0.141. The number of rotatable bonds is 2. The van der Waals surface area contributed by atoms with E-state index in [1.165, 1.54) is 0 Å². The van der Waals surface area contributed by atoms with Gasteiger partial charge in [-0.1, -0.05) is 5.16 Å². The van der Waals surface area contributed by atoms with Crippen LogP contribution in [0.25, 0.3) is 0 Å². The zero-order chi connectivity index (χ0) is 13.9. The largest absolute Gasteiger partial charge is 0.464 e. The van der Waals surface area contributed by atoms with Crippen molar-refractivity contribution in [2.75, 3.05) is 7.11 Å². The van der Waals surface area contributed by atoms with E-state index in [0.717, 1.165) is 13.2 Å². The third-order valence-electron chi connectivity index (χ3n) is 1.91. The number of hydrogen-bond donors (Lipinski definition) is 2. The smallest absolute Gasteiger partial charge is 0.433 e. The molecule has 3 N–H and O–H groups in total. The minimum absolute atomic E-state index is 0.291. The third kappa shape index (κ3) is 2.87. The fourth-order valence-electron chi connectivity index (χ4n) is 1.09. The van der Waals surface area contributed by atoms with Crippen LogP contribution in [0.4, 0.5) is 13.2 Å². The van der Waals surface area contributed by atoms with E-state index in [9.17, 15) is 18.0 Å². The Kier molecular flexibility index (Phi) is 3.74. The first-order chi connectivity index (χ1) is 8.29. The molecule has 18 heavy (non-hydrogen) atoms. The van der Waals surface area contributed by atoms with E-state index in [4.69, 9.17) is 10.9 Å². The summed E-state index contributed by atoms with van der Waals surface area (Å²) in [6, 6.07) is 1.48. The van der Waals surface area contributed by atoms with E-state index >= 15 is 0 Å². The molecule has 1 aromatic heterocycles. The molecule has 0 bridgehead atoms. The van der Waals surface area contributed by atoms with Gasteiger partial charge in [0.05, 0.1) is 7.11 Å². The third-order valence-corrected chi connectivity index (χ3v) is 1.91. The van der Waals surface area contributed by atoms with Gasteiger partial charge in [-0.25, -0.2) is 9.78 Å². The summed E-state index contributed by atoms with van der Waals surface area (Å²) in [7, 11) is 0.993. The number of halogens is 3. The Bertz CT molecular complexity index is 500. The Morgan fingerprint density at radius 2 is 2.11 bits per heavy atom. The van der Waals surface area contributed by atoms with Crippen molar-refractivity contribution in [1.29, 1.82) is 0 Å². The molecule has 9 heteroatoms. The van der Waals surface area contributed by atoms with Gasteiger partial charge in [0.1, 0.15) is 11.4 Å². The molecule has 0 spiro atoms. The topological polar surface area (TPSA) is 97.8 Å². The average Bonchev–Trinajstić information content (AvgIpc) is 2.35. The van der Waals surface area contributed by atoms with E-state index < -0.39 is 29.4 Å². The molecule has 1 rings (SSSR count). The molecule has 0 fully saturated rings. The van der Waals surface area contributed by atoms with Gasteiger partial charge in [-0.15, -0.1) is 0 Å². The lowest BCUT2D eigenvalue weighted by atomic mass is 10.1. The highest BCUT2D eigenvalue weighted by Gasteiger charge is 2.34. The number of amidine groups is 1. The number of pyridine rings is 1. The zero-order valence-corrected chi connectivity index (χ0v) is 9.02. The normalized spacial score (nSPS) is 12.3. The summed E-state index contributed by atoms with van der Waals surface area (Å²) in [6.07, 6.45) is -4.77. The number of alkyl halides is 3. The van der Waals surface area contributed by atoms with E-state index in [1.54, 1.807) is 0 Å². The standard InChI is InChI=1S/C9H8F3N3O3/c1-18-8(16)5-2-4(7(13)15-17)3-6(14-5)9(10,11)12/h2-3,17H,1H3,(H2,13,15). The van der Waals surface area contributed by atoms with Crippen molar-refractivity contribution in [3.05, 3.63) is 29.1 Å². The van der Waals surface area contributed by atoms with Crippen LogP contribution in [0.1, 0.15) is 21.7 Å². The highest BCUT2D eigenvalue weighted by molar-refractivity contribution is 5.99. The van der Waals surface area contributed by atoms with Gasteiger partial charge in [0.15, 0.2) is 5.84 Å². The van der Waals surface area contributed by atoms with Crippen LogP contribution in [0, 0.1) is 0 Å². The number of ether oxygens (including phenoxy) is 1. The number of oxime groups is 1. The Morgan fingerprint density at radius 3 is 2.56 bits per heavy atom. The molecule has 1 aromatic rings. The van der Waals surface area contributed by atoms with Gasteiger partial charge in [-0.3, -0.25) is 0 Å². The summed E-state index contributed by atoms with van der Waals surface area (Å²) in [6.45, 7) is 0. The van der Waals surface area contributed by atoms with E-state index in [1.807, 2.05) is 0 Å². The van der Waals surface area contributed by atoms with Crippen molar-refractivity contribution in [1.82, 2.24) is 4.98 Å². The van der Waals surface area contributed by atoms with Gasteiger partial charge in [0.2, 0.25) is 0 Å². The van der Waals surface area contributed by atoms with Crippen LogP contribution in [0.3, 0.4) is 0 Å². The van der Waals surface area contributed by atoms with Crippen molar-refractivity contribution in [3.8, 4) is 0 Å². The first kappa shape index (κ1) is 13.7. The number of carbonyl (C=O) groups is 1. The molecule has 0 aromatic carbocycles. The molecule has 0 amide bonds. The molecule has 6 nitrogen and oxygen atoms in total. The monoisotopic (exact) mass is 263 g/mol. The molecule has 0 radical (unpaired) electrons. The van der Waals surface area contributed by atoms with Crippen molar-refractivity contribution in [2.24, 2.45) is 10.9 Å². The minimum Gasteiger partial charge on any atom is -0.464 e. The molecule has 0 aliphatic rings. The second kappa shape index (κ2) is 4.90. The number of carbonyl (C=O) groups excluding carboxylic acids is 1. The van der Waals surface area contributed by atoms with Crippen molar-refractivity contribution in [3.63, 3.8) is 0 Å². The van der Waals surface area contributed by atoms with Gasteiger partial charge in [0, 0.05) is 5.56 Å². The number of nitrogens with two attached hydrogens (primary N) is 1. The van der Waals surface area contributed by atoms with Gasteiger partial charge in [0.25, 0.3) is 0 Å². The molecular formula is C9H8F3N3O3. The fraction of sp³-hybridized carbons (Fsp3) is 0.222. The predicted octanol–water partition coefficient (Wildman–Crippen LogP) is 0.981. The maximum Gasteiger partial charge on any atom is 0.433 e. The number of esters is 1. The van der Waals surface area contributed by atoms with E-state index in [2.05, 4.69) is 14.9 Å². The highest BCUT2D eigenvalue weighted by atomic mass is 19.4. The first-order valence-electron chi connectivity index (χ1n) is 4.45. The minimum atomic E-state index is -4.77. The maximum absolute atomic E-state index is 12.5. The maximum atomic E-state index is 12.5. The fourth-order valence-corrected chi connectivity index (χ4v) is 1.09. The molecule has 0 saturated carbocycles. The predicted molar refractivity (Wildman–Crippen MR) is 53.1 cm³/mol. The number of hydrogen-bond acceptors (Lipinski definition) is 5. The summed E-state index contributed by atoms with van der Waals surface area (Å²) in [4.78, 5) is 14.3. The Labute approximate surface area is 98.9 Å². The zero-order valence-electron chi connectivity index (χ0n) is 9.02. The molecule has 0 aliphatic carbocycles. The molecule has 0 aliphatic heterocycles. The SMILES string of the molecule is COC(=O)c1cc(/C(N)=N/O)cc(C(F)(F)F)n1. The van der Waals surface area contributed by atoms with Crippen LogP contribution in [0.5, 0.6) is 0 Å². The van der Waals surface area contributed by atoms with Gasteiger partial charge < -0.3 is 15.7 Å². The van der Waals surface area contributed by atoms with E-state index in [-0.39, 0.29) is 5.56 Å². The summed E-state index contributed by atoms with van der Waals surface area (Å²) >= 11 is 0. The molecule has 1 heterocycles. The van der Waals surface area contributed by atoms with Gasteiger partial charge >= 0.3 is 12.1 Å². The summed E-state index contributed by atoms with van der Waals surface area (Å²) < 4.78 is 41.8. The molecule has 0 unspecified atom stereocenters. The molecular weight excluding hydrogens is 255 g/mol. The number of nitrogens with zero attached hydrogens (tertiary/aromatic N) is 2. The van der Waals surface area contributed by atoms with Gasteiger partial charge in [-0.05, 0) is 12.1 Å². The van der Waals surface area contributed by atoms with Crippen LogP contribution in [0.15, 0.2) is 17.3 Å². The quantitative estimate of drug-likeness (QED) is 0.272. The highest BCUT2D eigenvalue weighted by Crippen LogP contribution is 2.28.